The first kappa shape index (κ1) is 14.7. The highest BCUT2D eigenvalue weighted by Crippen LogP contribution is 2.01. The fourth-order valence-electron chi connectivity index (χ4n) is 1.68. The molecule has 4 nitrogen and oxygen atoms in total. The number of benzene rings is 1. The Balaban J connectivity index is 2.33. The average molecular weight is 250 g/mol. The molecular formula is C14H22N2O2. The molecule has 0 bridgehead atoms. The maximum atomic E-state index is 11.8. The van der Waals surface area contributed by atoms with Gasteiger partial charge in [-0.15, -0.1) is 0 Å². The third-order valence-electron chi connectivity index (χ3n) is 2.65. The van der Waals surface area contributed by atoms with E-state index in [9.17, 15) is 4.79 Å². The molecule has 0 fully saturated rings. The Hall–Kier alpha value is -1.39. The lowest BCUT2D eigenvalue weighted by Gasteiger charge is -2.15. The first-order chi connectivity index (χ1) is 8.63. The SMILES string of the molecule is CCOC(C)CNC(=O)[C@@H](N)Cc1ccccc1. The summed E-state index contributed by atoms with van der Waals surface area (Å²) in [5.74, 6) is -0.134. The Morgan fingerprint density at radius 3 is 2.67 bits per heavy atom. The minimum absolute atomic E-state index is 0.0166. The van der Waals surface area contributed by atoms with Gasteiger partial charge in [-0.05, 0) is 25.8 Å². The van der Waals surface area contributed by atoms with Gasteiger partial charge in [0.1, 0.15) is 0 Å². The quantitative estimate of drug-likeness (QED) is 0.761. The predicted molar refractivity (Wildman–Crippen MR) is 72.2 cm³/mol. The fourth-order valence-corrected chi connectivity index (χ4v) is 1.68. The smallest absolute Gasteiger partial charge is 0.237 e. The topological polar surface area (TPSA) is 64.3 Å². The van der Waals surface area contributed by atoms with E-state index in [1.165, 1.54) is 0 Å². The number of amides is 1. The molecule has 0 radical (unpaired) electrons. The van der Waals surface area contributed by atoms with Crippen molar-refractivity contribution in [3.05, 3.63) is 35.9 Å². The van der Waals surface area contributed by atoms with Crippen LogP contribution in [-0.4, -0.2) is 31.2 Å². The summed E-state index contributed by atoms with van der Waals surface area (Å²) in [4.78, 5) is 11.8. The first-order valence-corrected chi connectivity index (χ1v) is 6.32. The zero-order valence-electron chi connectivity index (χ0n) is 11.1. The lowest BCUT2D eigenvalue weighted by Crippen LogP contribution is -2.44. The molecule has 0 saturated carbocycles. The number of hydrogen-bond acceptors (Lipinski definition) is 3. The third-order valence-corrected chi connectivity index (χ3v) is 2.65. The van der Waals surface area contributed by atoms with Gasteiger partial charge in [0.05, 0.1) is 12.1 Å². The maximum absolute atomic E-state index is 11.8. The van der Waals surface area contributed by atoms with Gasteiger partial charge in [-0.3, -0.25) is 4.79 Å². The zero-order chi connectivity index (χ0) is 13.4. The molecule has 18 heavy (non-hydrogen) atoms. The van der Waals surface area contributed by atoms with Gasteiger partial charge in [0.25, 0.3) is 0 Å². The monoisotopic (exact) mass is 250 g/mol. The molecule has 1 unspecified atom stereocenters. The first-order valence-electron chi connectivity index (χ1n) is 6.32. The summed E-state index contributed by atoms with van der Waals surface area (Å²) in [6, 6.07) is 9.25. The second kappa shape index (κ2) is 7.84. The van der Waals surface area contributed by atoms with Crippen LogP contribution in [0, 0.1) is 0 Å². The molecule has 100 valence electrons. The predicted octanol–water partition coefficient (Wildman–Crippen LogP) is 1.10. The molecule has 2 atom stereocenters. The van der Waals surface area contributed by atoms with Crippen molar-refractivity contribution in [1.82, 2.24) is 5.32 Å². The van der Waals surface area contributed by atoms with Crippen LogP contribution >= 0.6 is 0 Å². The normalized spacial score (nSPS) is 13.9. The van der Waals surface area contributed by atoms with E-state index in [1.807, 2.05) is 44.2 Å². The van der Waals surface area contributed by atoms with Crippen LogP contribution in [0.4, 0.5) is 0 Å². The number of ether oxygens (including phenoxy) is 1. The minimum Gasteiger partial charge on any atom is -0.377 e. The van der Waals surface area contributed by atoms with E-state index in [1.54, 1.807) is 0 Å². The maximum Gasteiger partial charge on any atom is 0.237 e. The van der Waals surface area contributed by atoms with Crippen molar-refractivity contribution in [3.8, 4) is 0 Å². The van der Waals surface area contributed by atoms with Crippen LogP contribution in [0.1, 0.15) is 19.4 Å². The van der Waals surface area contributed by atoms with Gasteiger partial charge >= 0.3 is 0 Å². The van der Waals surface area contributed by atoms with E-state index in [0.717, 1.165) is 5.56 Å². The fraction of sp³-hybridized carbons (Fsp3) is 0.500. The van der Waals surface area contributed by atoms with Gasteiger partial charge in [0, 0.05) is 13.2 Å². The molecule has 3 N–H and O–H groups in total. The van der Waals surface area contributed by atoms with E-state index in [-0.39, 0.29) is 12.0 Å². The summed E-state index contributed by atoms with van der Waals surface area (Å²) >= 11 is 0. The van der Waals surface area contributed by atoms with E-state index in [2.05, 4.69) is 5.32 Å². The molecule has 4 heteroatoms. The van der Waals surface area contributed by atoms with Crippen molar-refractivity contribution in [2.24, 2.45) is 5.73 Å². The van der Waals surface area contributed by atoms with Gasteiger partial charge in [-0.1, -0.05) is 30.3 Å². The van der Waals surface area contributed by atoms with Crippen LogP contribution in [0.25, 0.3) is 0 Å². The molecular weight excluding hydrogens is 228 g/mol. The van der Waals surface area contributed by atoms with Crippen molar-refractivity contribution < 1.29 is 9.53 Å². The summed E-state index contributed by atoms with van der Waals surface area (Å²) in [6.07, 6.45) is 0.568. The standard InChI is InChI=1S/C14H22N2O2/c1-3-18-11(2)10-16-14(17)13(15)9-12-7-5-4-6-8-12/h4-8,11,13H,3,9-10,15H2,1-2H3,(H,16,17)/t11?,13-/m0/s1. The van der Waals surface area contributed by atoms with Gasteiger partial charge in [0.15, 0.2) is 0 Å². The number of carbonyl (C=O) groups is 1. The van der Waals surface area contributed by atoms with Gasteiger partial charge < -0.3 is 15.8 Å². The Bertz CT molecular complexity index is 354. The molecule has 1 rings (SSSR count). The average Bonchev–Trinajstić information content (AvgIpc) is 2.37. The van der Waals surface area contributed by atoms with Crippen molar-refractivity contribution in [1.29, 1.82) is 0 Å². The second-order valence-corrected chi connectivity index (χ2v) is 4.31. The second-order valence-electron chi connectivity index (χ2n) is 4.31. The molecule has 0 saturated heterocycles. The highest BCUT2D eigenvalue weighted by atomic mass is 16.5. The summed E-state index contributed by atoms with van der Waals surface area (Å²) < 4.78 is 5.33. The van der Waals surface area contributed by atoms with Crippen LogP contribution in [0.15, 0.2) is 30.3 Å². The summed E-state index contributed by atoms with van der Waals surface area (Å²) in [7, 11) is 0. The summed E-state index contributed by atoms with van der Waals surface area (Å²) in [5, 5.41) is 2.80. The van der Waals surface area contributed by atoms with Gasteiger partial charge in [-0.2, -0.15) is 0 Å². The van der Waals surface area contributed by atoms with E-state index >= 15 is 0 Å². The molecule has 1 aromatic rings. The Labute approximate surface area is 109 Å². The zero-order valence-corrected chi connectivity index (χ0v) is 11.1. The van der Waals surface area contributed by atoms with Crippen LogP contribution in [-0.2, 0) is 16.0 Å². The number of nitrogens with two attached hydrogens (primary N) is 1. The molecule has 1 aromatic carbocycles. The van der Waals surface area contributed by atoms with E-state index < -0.39 is 6.04 Å². The highest BCUT2D eigenvalue weighted by molar-refractivity contribution is 5.81. The lowest BCUT2D eigenvalue weighted by molar-refractivity contribution is -0.122. The summed E-state index contributed by atoms with van der Waals surface area (Å²) in [5.41, 5.74) is 6.92. The summed E-state index contributed by atoms with van der Waals surface area (Å²) in [6.45, 7) is 4.99. The largest absolute Gasteiger partial charge is 0.377 e. The molecule has 0 aromatic heterocycles. The Kier molecular flexibility index (Phi) is 6.39. The number of nitrogens with one attached hydrogen (secondary N) is 1. The molecule has 0 aliphatic rings. The van der Waals surface area contributed by atoms with Gasteiger partial charge in [0.2, 0.25) is 5.91 Å². The molecule has 0 spiro atoms. The van der Waals surface area contributed by atoms with Crippen LogP contribution in [0.2, 0.25) is 0 Å². The van der Waals surface area contributed by atoms with Crippen molar-refractivity contribution in [3.63, 3.8) is 0 Å². The molecule has 0 heterocycles. The lowest BCUT2D eigenvalue weighted by atomic mass is 10.1. The van der Waals surface area contributed by atoms with E-state index in [0.29, 0.717) is 19.6 Å². The van der Waals surface area contributed by atoms with Crippen LogP contribution in [0.3, 0.4) is 0 Å². The van der Waals surface area contributed by atoms with E-state index in [4.69, 9.17) is 10.5 Å². The van der Waals surface area contributed by atoms with Crippen molar-refractivity contribution in [2.75, 3.05) is 13.2 Å². The Morgan fingerprint density at radius 2 is 2.06 bits per heavy atom. The molecule has 0 aliphatic carbocycles. The van der Waals surface area contributed by atoms with Crippen LogP contribution < -0.4 is 11.1 Å². The molecule has 0 aliphatic heterocycles. The van der Waals surface area contributed by atoms with Gasteiger partial charge in [-0.25, -0.2) is 0 Å². The minimum atomic E-state index is -0.513. The van der Waals surface area contributed by atoms with Crippen LogP contribution in [0.5, 0.6) is 0 Å². The number of rotatable bonds is 7. The number of carbonyl (C=O) groups excluding carboxylic acids is 1. The highest BCUT2D eigenvalue weighted by Gasteiger charge is 2.14. The number of hydrogen-bond donors (Lipinski definition) is 2. The van der Waals surface area contributed by atoms with Crippen molar-refractivity contribution in [2.45, 2.75) is 32.4 Å². The Morgan fingerprint density at radius 1 is 1.39 bits per heavy atom. The molecule has 1 amide bonds. The third kappa shape index (κ3) is 5.29. The van der Waals surface area contributed by atoms with Crippen molar-refractivity contribution >= 4 is 5.91 Å².